The highest BCUT2D eigenvalue weighted by molar-refractivity contribution is 5.32. The Morgan fingerprint density at radius 3 is 3.05 bits per heavy atom. The van der Waals surface area contributed by atoms with Gasteiger partial charge in [0.2, 0.25) is 0 Å². The van der Waals surface area contributed by atoms with Crippen LogP contribution >= 0.6 is 0 Å². The van der Waals surface area contributed by atoms with E-state index < -0.39 is 0 Å². The van der Waals surface area contributed by atoms with Crippen molar-refractivity contribution in [2.24, 2.45) is 0 Å². The number of benzene rings is 1. The van der Waals surface area contributed by atoms with Gasteiger partial charge >= 0.3 is 0 Å². The van der Waals surface area contributed by atoms with Gasteiger partial charge in [0.25, 0.3) is 0 Å². The number of rotatable bonds is 8. The molecule has 106 valence electrons. The molecular formula is C17H27NO. The van der Waals surface area contributed by atoms with Crippen molar-refractivity contribution in [3.8, 4) is 0 Å². The Kier molecular flexibility index (Phi) is 6.38. The van der Waals surface area contributed by atoms with Crippen molar-refractivity contribution in [3.05, 3.63) is 35.4 Å². The number of ether oxygens (including phenoxy) is 1. The number of fused-ring (bicyclic) bond motifs is 1. The number of aryl methyl sites for hydroxylation is 1. The standard InChI is InChI=1S/C17H27NO/c1-2-12-19-13-6-11-18-14-16-9-5-8-15-7-3-4-10-17(15)16/h3-4,7,10,16,18H,2,5-6,8-9,11-14H2,1H3. The van der Waals surface area contributed by atoms with Crippen molar-refractivity contribution in [1.82, 2.24) is 5.32 Å². The summed E-state index contributed by atoms with van der Waals surface area (Å²) in [4.78, 5) is 0. The van der Waals surface area contributed by atoms with E-state index in [9.17, 15) is 0 Å². The van der Waals surface area contributed by atoms with E-state index in [2.05, 4.69) is 36.5 Å². The molecule has 2 heteroatoms. The number of hydrogen-bond donors (Lipinski definition) is 1. The van der Waals surface area contributed by atoms with Crippen LogP contribution in [-0.2, 0) is 11.2 Å². The Labute approximate surface area is 117 Å². The first kappa shape index (κ1) is 14.5. The largest absolute Gasteiger partial charge is 0.381 e. The van der Waals surface area contributed by atoms with Crippen molar-refractivity contribution in [2.45, 2.75) is 44.9 Å². The van der Waals surface area contributed by atoms with Gasteiger partial charge in [0.1, 0.15) is 0 Å². The van der Waals surface area contributed by atoms with Gasteiger partial charge in [-0.25, -0.2) is 0 Å². The molecule has 2 nitrogen and oxygen atoms in total. The average Bonchev–Trinajstić information content (AvgIpc) is 2.46. The Hall–Kier alpha value is -0.860. The second-order valence-corrected chi connectivity index (χ2v) is 5.46. The fourth-order valence-corrected chi connectivity index (χ4v) is 2.89. The van der Waals surface area contributed by atoms with E-state index in [0.29, 0.717) is 5.92 Å². The summed E-state index contributed by atoms with van der Waals surface area (Å²) < 4.78 is 5.49. The third-order valence-electron chi connectivity index (χ3n) is 3.88. The lowest BCUT2D eigenvalue weighted by Gasteiger charge is -2.25. The van der Waals surface area contributed by atoms with Gasteiger partial charge in [-0.2, -0.15) is 0 Å². The molecule has 1 aliphatic rings. The fraction of sp³-hybridized carbons (Fsp3) is 0.647. The van der Waals surface area contributed by atoms with E-state index in [1.54, 1.807) is 11.1 Å². The zero-order valence-corrected chi connectivity index (χ0v) is 12.2. The Morgan fingerprint density at radius 1 is 1.26 bits per heavy atom. The van der Waals surface area contributed by atoms with Crippen LogP contribution in [0.5, 0.6) is 0 Å². The van der Waals surface area contributed by atoms with E-state index in [-0.39, 0.29) is 0 Å². The van der Waals surface area contributed by atoms with Gasteiger partial charge in [-0.1, -0.05) is 31.2 Å². The molecule has 2 rings (SSSR count). The average molecular weight is 261 g/mol. The predicted molar refractivity (Wildman–Crippen MR) is 80.7 cm³/mol. The van der Waals surface area contributed by atoms with Gasteiger partial charge in [0.15, 0.2) is 0 Å². The fourth-order valence-electron chi connectivity index (χ4n) is 2.89. The molecule has 0 aromatic heterocycles. The summed E-state index contributed by atoms with van der Waals surface area (Å²) >= 11 is 0. The molecule has 0 bridgehead atoms. The van der Waals surface area contributed by atoms with Gasteiger partial charge in [0.05, 0.1) is 0 Å². The summed E-state index contributed by atoms with van der Waals surface area (Å²) in [5.74, 6) is 0.710. The predicted octanol–water partition coefficient (Wildman–Crippen LogP) is 3.51. The lowest BCUT2D eigenvalue weighted by molar-refractivity contribution is 0.132. The summed E-state index contributed by atoms with van der Waals surface area (Å²) in [7, 11) is 0. The topological polar surface area (TPSA) is 21.3 Å². The van der Waals surface area contributed by atoms with Crippen LogP contribution in [0.3, 0.4) is 0 Å². The molecule has 1 unspecified atom stereocenters. The quantitative estimate of drug-likeness (QED) is 0.723. The first-order valence-corrected chi connectivity index (χ1v) is 7.78. The molecular weight excluding hydrogens is 234 g/mol. The number of nitrogens with one attached hydrogen (secondary N) is 1. The molecule has 19 heavy (non-hydrogen) atoms. The molecule has 1 aromatic carbocycles. The monoisotopic (exact) mass is 261 g/mol. The highest BCUT2D eigenvalue weighted by atomic mass is 16.5. The Bertz CT molecular complexity index is 364. The molecule has 1 aliphatic carbocycles. The highest BCUT2D eigenvalue weighted by Crippen LogP contribution is 2.30. The van der Waals surface area contributed by atoms with Crippen LogP contribution in [-0.4, -0.2) is 26.3 Å². The van der Waals surface area contributed by atoms with Crippen LogP contribution < -0.4 is 5.32 Å². The van der Waals surface area contributed by atoms with Crippen molar-refractivity contribution >= 4 is 0 Å². The van der Waals surface area contributed by atoms with E-state index in [1.165, 1.54) is 19.3 Å². The van der Waals surface area contributed by atoms with Crippen LogP contribution in [0.2, 0.25) is 0 Å². The van der Waals surface area contributed by atoms with Crippen LogP contribution in [0.1, 0.15) is 49.7 Å². The third-order valence-corrected chi connectivity index (χ3v) is 3.88. The van der Waals surface area contributed by atoms with E-state index in [4.69, 9.17) is 4.74 Å². The Balaban J connectivity index is 1.67. The van der Waals surface area contributed by atoms with Crippen LogP contribution in [0.15, 0.2) is 24.3 Å². The highest BCUT2D eigenvalue weighted by Gasteiger charge is 2.18. The molecule has 0 saturated heterocycles. The van der Waals surface area contributed by atoms with Crippen LogP contribution in [0.25, 0.3) is 0 Å². The van der Waals surface area contributed by atoms with Crippen molar-refractivity contribution in [1.29, 1.82) is 0 Å². The van der Waals surface area contributed by atoms with Crippen molar-refractivity contribution < 1.29 is 4.74 Å². The second-order valence-electron chi connectivity index (χ2n) is 5.46. The molecule has 0 amide bonds. The Morgan fingerprint density at radius 2 is 2.16 bits per heavy atom. The summed E-state index contributed by atoms with van der Waals surface area (Å²) in [6.07, 6.45) is 6.16. The maximum Gasteiger partial charge on any atom is 0.0478 e. The van der Waals surface area contributed by atoms with Crippen molar-refractivity contribution in [2.75, 3.05) is 26.3 Å². The van der Waals surface area contributed by atoms with Gasteiger partial charge in [-0.15, -0.1) is 0 Å². The van der Waals surface area contributed by atoms with Crippen LogP contribution in [0.4, 0.5) is 0 Å². The summed E-state index contributed by atoms with van der Waals surface area (Å²) in [5.41, 5.74) is 3.13. The van der Waals surface area contributed by atoms with Gasteiger partial charge in [0, 0.05) is 19.8 Å². The normalized spacial score (nSPS) is 18.3. The molecule has 0 radical (unpaired) electrons. The zero-order chi connectivity index (χ0) is 13.3. The number of hydrogen-bond acceptors (Lipinski definition) is 2. The molecule has 0 saturated carbocycles. The molecule has 0 heterocycles. The lowest BCUT2D eigenvalue weighted by atomic mass is 9.83. The summed E-state index contributed by atoms with van der Waals surface area (Å²) in [6, 6.07) is 8.95. The zero-order valence-electron chi connectivity index (χ0n) is 12.2. The maximum atomic E-state index is 5.49. The second kappa shape index (κ2) is 8.34. The first-order valence-electron chi connectivity index (χ1n) is 7.78. The summed E-state index contributed by atoms with van der Waals surface area (Å²) in [6.45, 7) is 6.13. The lowest BCUT2D eigenvalue weighted by Crippen LogP contribution is -2.25. The molecule has 1 atom stereocenters. The van der Waals surface area contributed by atoms with Crippen LogP contribution in [0, 0.1) is 0 Å². The molecule has 0 aliphatic heterocycles. The molecule has 1 aromatic rings. The third kappa shape index (κ3) is 4.63. The van der Waals surface area contributed by atoms with Gasteiger partial charge in [-0.3, -0.25) is 0 Å². The maximum absolute atomic E-state index is 5.49. The van der Waals surface area contributed by atoms with E-state index in [0.717, 1.165) is 39.1 Å². The van der Waals surface area contributed by atoms with Crippen molar-refractivity contribution in [3.63, 3.8) is 0 Å². The molecule has 0 spiro atoms. The van der Waals surface area contributed by atoms with E-state index in [1.807, 2.05) is 0 Å². The molecule has 0 fully saturated rings. The molecule has 1 N–H and O–H groups in total. The SMILES string of the molecule is CCCOCCCNCC1CCCc2ccccc21. The van der Waals surface area contributed by atoms with Gasteiger partial charge in [-0.05, 0) is 55.7 Å². The first-order chi connectivity index (χ1) is 9.42. The van der Waals surface area contributed by atoms with E-state index >= 15 is 0 Å². The smallest absolute Gasteiger partial charge is 0.0478 e. The minimum Gasteiger partial charge on any atom is -0.381 e. The minimum atomic E-state index is 0.710. The van der Waals surface area contributed by atoms with Gasteiger partial charge < -0.3 is 10.1 Å². The minimum absolute atomic E-state index is 0.710. The summed E-state index contributed by atoms with van der Waals surface area (Å²) in [5, 5.41) is 3.59.